The second-order valence-corrected chi connectivity index (χ2v) is 8.62. The van der Waals surface area contributed by atoms with Crippen LogP contribution in [0.15, 0.2) is 53.4 Å². The molecular weight excluding hydrogens is 350 g/mol. The molecule has 1 aliphatic rings. The lowest BCUT2D eigenvalue weighted by molar-refractivity contribution is -0.140. The number of hydrogen-bond donors (Lipinski definition) is 2. The molecule has 1 fully saturated rings. The Labute approximate surface area is 154 Å². The molecule has 138 valence electrons. The Morgan fingerprint density at radius 3 is 2.15 bits per heavy atom. The van der Waals surface area contributed by atoms with Gasteiger partial charge < -0.3 is 5.11 Å². The summed E-state index contributed by atoms with van der Waals surface area (Å²) in [5, 5.41) is 9.35. The predicted octanol–water partition coefficient (Wildman–Crippen LogP) is 3.54. The number of carbonyl (C=O) groups is 1. The molecule has 1 aliphatic carbocycles. The second kappa shape index (κ2) is 6.85. The number of nitrogens with one attached hydrogen (secondary N) is 1. The van der Waals surface area contributed by atoms with Crippen LogP contribution in [0.25, 0.3) is 0 Å². The average Bonchev–Trinajstić information content (AvgIpc) is 3.43. The van der Waals surface area contributed by atoms with Gasteiger partial charge in [-0.1, -0.05) is 48.9 Å². The molecule has 0 aliphatic heterocycles. The predicted molar refractivity (Wildman–Crippen MR) is 99.5 cm³/mol. The molecule has 0 heterocycles. The first-order chi connectivity index (χ1) is 12.3. The highest BCUT2D eigenvalue weighted by atomic mass is 32.2. The first-order valence-electron chi connectivity index (χ1n) is 8.71. The zero-order valence-corrected chi connectivity index (χ0v) is 15.7. The Hall–Kier alpha value is -2.18. The monoisotopic (exact) mass is 373 g/mol. The lowest BCUT2D eigenvalue weighted by atomic mass is 9.96. The molecule has 0 spiro atoms. The fourth-order valence-electron chi connectivity index (χ4n) is 3.15. The van der Waals surface area contributed by atoms with Crippen LogP contribution < -0.4 is 4.72 Å². The summed E-state index contributed by atoms with van der Waals surface area (Å²) in [7, 11) is -3.69. The standard InChI is InChI=1S/C20H23NO4S/c1-3-18(15-6-4-14(2)5-7-15)21-26(24,25)17-10-8-16(9-11-17)20(12-13-20)19(22)23/h4-11,18,21H,3,12-13H2,1-2H3,(H,22,23). The minimum Gasteiger partial charge on any atom is -0.481 e. The summed E-state index contributed by atoms with van der Waals surface area (Å²) >= 11 is 0. The molecule has 3 rings (SSSR count). The van der Waals surface area contributed by atoms with E-state index < -0.39 is 21.4 Å². The molecule has 1 unspecified atom stereocenters. The Balaban J connectivity index is 1.81. The number of hydrogen-bond acceptors (Lipinski definition) is 3. The molecule has 0 saturated heterocycles. The van der Waals surface area contributed by atoms with E-state index in [1.165, 1.54) is 12.1 Å². The van der Waals surface area contributed by atoms with Gasteiger partial charge in [-0.2, -0.15) is 0 Å². The number of benzene rings is 2. The van der Waals surface area contributed by atoms with E-state index in [9.17, 15) is 18.3 Å². The van der Waals surface area contributed by atoms with Gasteiger partial charge in [-0.25, -0.2) is 13.1 Å². The molecule has 2 N–H and O–H groups in total. The van der Waals surface area contributed by atoms with Gasteiger partial charge in [-0.05, 0) is 49.4 Å². The van der Waals surface area contributed by atoms with Crippen LogP contribution >= 0.6 is 0 Å². The molecule has 0 bridgehead atoms. The molecule has 0 amide bonds. The van der Waals surface area contributed by atoms with Crippen molar-refractivity contribution in [3.05, 3.63) is 65.2 Å². The molecular formula is C20H23NO4S. The Bertz CT molecular complexity index is 898. The number of aryl methyl sites for hydroxylation is 1. The summed E-state index contributed by atoms with van der Waals surface area (Å²) in [6, 6.07) is 13.7. The van der Waals surface area contributed by atoms with E-state index in [0.717, 1.165) is 11.1 Å². The summed E-state index contributed by atoms with van der Waals surface area (Å²) in [5.41, 5.74) is 1.87. The van der Waals surface area contributed by atoms with E-state index in [-0.39, 0.29) is 10.9 Å². The van der Waals surface area contributed by atoms with Crippen molar-refractivity contribution in [2.24, 2.45) is 0 Å². The molecule has 2 aromatic rings. The van der Waals surface area contributed by atoms with Crippen molar-refractivity contribution in [1.82, 2.24) is 4.72 Å². The van der Waals surface area contributed by atoms with Gasteiger partial charge in [0.05, 0.1) is 10.3 Å². The fraction of sp³-hybridized carbons (Fsp3) is 0.350. The van der Waals surface area contributed by atoms with Crippen LogP contribution in [0.5, 0.6) is 0 Å². The maximum Gasteiger partial charge on any atom is 0.314 e. The van der Waals surface area contributed by atoms with Gasteiger partial charge in [-0.3, -0.25) is 4.79 Å². The Morgan fingerprint density at radius 1 is 1.12 bits per heavy atom. The maximum atomic E-state index is 12.7. The summed E-state index contributed by atoms with van der Waals surface area (Å²) in [6.45, 7) is 3.92. The molecule has 1 saturated carbocycles. The summed E-state index contributed by atoms with van der Waals surface area (Å²) in [4.78, 5) is 11.5. The van der Waals surface area contributed by atoms with Crippen molar-refractivity contribution in [2.75, 3.05) is 0 Å². The summed E-state index contributed by atoms with van der Waals surface area (Å²) < 4.78 is 28.2. The van der Waals surface area contributed by atoms with Crippen LogP contribution in [-0.4, -0.2) is 19.5 Å². The van der Waals surface area contributed by atoms with Gasteiger partial charge in [0.25, 0.3) is 0 Å². The van der Waals surface area contributed by atoms with Gasteiger partial charge in [0, 0.05) is 6.04 Å². The number of rotatable bonds is 7. The number of aliphatic carboxylic acids is 1. The maximum absolute atomic E-state index is 12.7. The Morgan fingerprint density at radius 2 is 1.69 bits per heavy atom. The zero-order chi connectivity index (χ0) is 18.9. The number of carboxylic acids is 1. The van der Waals surface area contributed by atoms with Crippen LogP contribution in [0, 0.1) is 6.92 Å². The van der Waals surface area contributed by atoms with Crippen LogP contribution in [0.4, 0.5) is 0 Å². The van der Waals surface area contributed by atoms with E-state index in [1.54, 1.807) is 12.1 Å². The zero-order valence-electron chi connectivity index (χ0n) is 14.9. The lowest BCUT2D eigenvalue weighted by Crippen LogP contribution is -2.28. The van der Waals surface area contributed by atoms with E-state index in [0.29, 0.717) is 24.8 Å². The molecule has 0 radical (unpaired) electrons. The number of sulfonamides is 1. The van der Waals surface area contributed by atoms with Crippen molar-refractivity contribution in [3.8, 4) is 0 Å². The molecule has 26 heavy (non-hydrogen) atoms. The van der Waals surface area contributed by atoms with Crippen LogP contribution in [-0.2, 0) is 20.2 Å². The average molecular weight is 373 g/mol. The van der Waals surface area contributed by atoms with Crippen LogP contribution in [0.2, 0.25) is 0 Å². The molecule has 6 heteroatoms. The number of carboxylic acid groups (broad SMARTS) is 1. The minimum atomic E-state index is -3.69. The summed E-state index contributed by atoms with van der Waals surface area (Å²) in [6.07, 6.45) is 1.82. The third-order valence-corrected chi connectivity index (χ3v) is 6.55. The molecule has 5 nitrogen and oxygen atoms in total. The van der Waals surface area contributed by atoms with E-state index in [4.69, 9.17) is 0 Å². The second-order valence-electron chi connectivity index (χ2n) is 6.90. The van der Waals surface area contributed by atoms with Crippen molar-refractivity contribution in [3.63, 3.8) is 0 Å². The largest absolute Gasteiger partial charge is 0.481 e. The van der Waals surface area contributed by atoms with Gasteiger partial charge in [0.1, 0.15) is 0 Å². The highest BCUT2D eigenvalue weighted by molar-refractivity contribution is 7.89. The normalized spacial score (nSPS) is 16.8. The van der Waals surface area contributed by atoms with Gasteiger partial charge in [-0.15, -0.1) is 0 Å². The van der Waals surface area contributed by atoms with E-state index >= 15 is 0 Å². The Kier molecular flexibility index (Phi) is 4.90. The third-order valence-electron chi connectivity index (χ3n) is 5.06. The summed E-state index contributed by atoms with van der Waals surface area (Å²) in [5.74, 6) is -0.850. The van der Waals surface area contributed by atoms with Crippen LogP contribution in [0.1, 0.15) is 48.9 Å². The lowest BCUT2D eigenvalue weighted by Gasteiger charge is -2.18. The van der Waals surface area contributed by atoms with Gasteiger partial charge in [0.15, 0.2) is 0 Å². The smallest absolute Gasteiger partial charge is 0.314 e. The molecule has 2 aromatic carbocycles. The fourth-order valence-corrected chi connectivity index (χ4v) is 4.45. The van der Waals surface area contributed by atoms with Gasteiger partial charge >= 0.3 is 5.97 Å². The first-order valence-corrected chi connectivity index (χ1v) is 10.2. The third kappa shape index (κ3) is 3.52. The van der Waals surface area contributed by atoms with Crippen molar-refractivity contribution in [1.29, 1.82) is 0 Å². The van der Waals surface area contributed by atoms with E-state index in [1.807, 2.05) is 38.1 Å². The van der Waals surface area contributed by atoms with Crippen molar-refractivity contribution < 1.29 is 18.3 Å². The van der Waals surface area contributed by atoms with Crippen molar-refractivity contribution >= 4 is 16.0 Å². The molecule has 0 aromatic heterocycles. The van der Waals surface area contributed by atoms with Crippen molar-refractivity contribution in [2.45, 2.75) is 49.5 Å². The van der Waals surface area contributed by atoms with Gasteiger partial charge in [0.2, 0.25) is 10.0 Å². The minimum absolute atomic E-state index is 0.146. The SMILES string of the molecule is CCC(NS(=O)(=O)c1ccc(C2(C(=O)O)CC2)cc1)c1ccc(C)cc1. The quantitative estimate of drug-likeness (QED) is 0.777. The van der Waals surface area contributed by atoms with E-state index in [2.05, 4.69) is 4.72 Å². The molecule has 1 atom stereocenters. The first kappa shape index (κ1) is 18.6. The highest BCUT2D eigenvalue weighted by Crippen LogP contribution is 2.48. The highest BCUT2D eigenvalue weighted by Gasteiger charge is 2.51. The van der Waals surface area contributed by atoms with Crippen LogP contribution in [0.3, 0.4) is 0 Å². The topological polar surface area (TPSA) is 83.5 Å².